The number of carbonyl (C=O) groups is 1. The molecule has 0 saturated heterocycles. The van der Waals surface area contributed by atoms with Crippen LogP contribution in [0.5, 0.6) is 0 Å². The van der Waals surface area contributed by atoms with Gasteiger partial charge < -0.3 is 9.84 Å². The Balaban J connectivity index is 1.60. The topological polar surface area (TPSA) is 73.0 Å². The molecule has 134 valence electrons. The second-order valence-electron chi connectivity index (χ2n) is 6.15. The van der Waals surface area contributed by atoms with Crippen molar-refractivity contribution in [2.75, 3.05) is 0 Å². The number of nitrogens with zero attached hydrogens (tertiary/aromatic N) is 3. The van der Waals surface area contributed by atoms with E-state index < -0.39 is 0 Å². The summed E-state index contributed by atoms with van der Waals surface area (Å²) in [5.74, 6) is -0.238. The number of hydrogen-bond donors (Lipinski definition) is 1. The van der Waals surface area contributed by atoms with Gasteiger partial charge in [0.1, 0.15) is 17.5 Å². The molecule has 4 aromatic rings. The van der Waals surface area contributed by atoms with Gasteiger partial charge in [0, 0.05) is 18.0 Å². The van der Waals surface area contributed by atoms with E-state index in [-0.39, 0.29) is 11.9 Å². The van der Waals surface area contributed by atoms with Crippen molar-refractivity contribution in [1.29, 1.82) is 0 Å². The van der Waals surface area contributed by atoms with E-state index >= 15 is 0 Å². The van der Waals surface area contributed by atoms with Gasteiger partial charge in [0.25, 0.3) is 5.91 Å². The van der Waals surface area contributed by atoms with Crippen LogP contribution in [-0.2, 0) is 0 Å². The molecule has 6 nitrogen and oxygen atoms in total. The third kappa shape index (κ3) is 3.37. The highest BCUT2D eigenvalue weighted by molar-refractivity contribution is 5.99. The normalized spacial score (nSPS) is 11.9. The zero-order valence-corrected chi connectivity index (χ0v) is 14.7. The molecule has 2 heterocycles. The van der Waals surface area contributed by atoms with Crippen molar-refractivity contribution in [2.45, 2.75) is 13.0 Å². The Morgan fingerprint density at radius 3 is 2.63 bits per heavy atom. The summed E-state index contributed by atoms with van der Waals surface area (Å²) in [7, 11) is 0. The standard InChI is InChI=1S/C21H18N4O2/c1-15(17-10-5-6-11-19(17)25-13-7-12-22-25)23-21(26)18-14-27-24-20(18)16-8-3-2-4-9-16/h2-15H,1H3,(H,23,26)/t15-/m0/s1. The predicted molar refractivity (Wildman–Crippen MR) is 101 cm³/mol. The van der Waals surface area contributed by atoms with E-state index in [9.17, 15) is 4.79 Å². The van der Waals surface area contributed by atoms with Gasteiger partial charge in [-0.05, 0) is 24.6 Å². The molecular formula is C21H18N4O2. The van der Waals surface area contributed by atoms with Crippen molar-refractivity contribution in [1.82, 2.24) is 20.3 Å². The first kappa shape index (κ1) is 16.8. The van der Waals surface area contributed by atoms with Gasteiger partial charge in [-0.3, -0.25) is 4.79 Å². The molecule has 0 aliphatic heterocycles. The molecule has 6 heteroatoms. The summed E-state index contributed by atoms with van der Waals surface area (Å²) >= 11 is 0. The average Bonchev–Trinajstić information content (AvgIpc) is 3.40. The van der Waals surface area contributed by atoms with Crippen LogP contribution < -0.4 is 5.32 Å². The van der Waals surface area contributed by atoms with Crippen LogP contribution >= 0.6 is 0 Å². The quantitative estimate of drug-likeness (QED) is 0.585. The van der Waals surface area contributed by atoms with Crippen LogP contribution in [-0.4, -0.2) is 20.8 Å². The second-order valence-corrected chi connectivity index (χ2v) is 6.15. The molecule has 1 amide bonds. The summed E-state index contributed by atoms with van der Waals surface area (Å²) in [5.41, 5.74) is 3.66. The van der Waals surface area contributed by atoms with Gasteiger partial charge in [-0.25, -0.2) is 4.68 Å². The van der Waals surface area contributed by atoms with E-state index in [1.807, 2.05) is 73.8 Å². The number of benzene rings is 2. The van der Waals surface area contributed by atoms with E-state index in [1.165, 1.54) is 6.26 Å². The predicted octanol–water partition coefficient (Wildman–Crippen LogP) is 4.02. The molecule has 1 N–H and O–H groups in total. The minimum Gasteiger partial charge on any atom is -0.363 e. The second kappa shape index (κ2) is 7.29. The van der Waals surface area contributed by atoms with Gasteiger partial charge in [-0.2, -0.15) is 5.10 Å². The Labute approximate surface area is 156 Å². The van der Waals surface area contributed by atoms with Crippen molar-refractivity contribution < 1.29 is 9.32 Å². The lowest BCUT2D eigenvalue weighted by atomic mass is 10.0. The van der Waals surface area contributed by atoms with Crippen molar-refractivity contribution in [3.05, 3.63) is 90.4 Å². The Hall–Kier alpha value is -3.67. The van der Waals surface area contributed by atoms with Crippen LogP contribution in [0.4, 0.5) is 0 Å². The van der Waals surface area contributed by atoms with Crippen LogP contribution in [0.25, 0.3) is 16.9 Å². The maximum Gasteiger partial charge on any atom is 0.257 e. The number of aromatic nitrogens is 3. The highest BCUT2D eigenvalue weighted by Crippen LogP contribution is 2.24. The van der Waals surface area contributed by atoms with Crippen LogP contribution in [0.1, 0.15) is 28.9 Å². The molecule has 0 aliphatic rings. The van der Waals surface area contributed by atoms with E-state index in [0.29, 0.717) is 11.3 Å². The molecule has 0 saturated carbocycles. The molecular weight excluding hydrogens is 340 g/mol. The molecule has 27 heavy (non-hydrogen) atoms. The number of nitrogens with one attached hydrogen (secondary N) is 1. The van der Waals surface area contributed by atoms with Crippen LogP contribution in [0.3, 0.4) is 0 Å². The SMILES string of the molecule is C[C@H](NC(=O)c1conc1-c1ccccc1)c1ccccc1-n1cccn1. The molecule has 0 radical (unpaired) electrons. The zero-order chi connectivity index (χ0) is 18.6. The molecule has 2 aromatic carbocycles. The number of rotatable bonds is 5. The van der Waals surface area contributed by atoms with Gasteiger partial charge in [-0.15, -0.1) is 0 Å². The summed E-state index contributed by atoms with van der Waals surface area (Å²) in [4.78, 5) is 12.8. The molecule has 0 unspecified atom stereocenters. The van der Waals surface area contributed by atoms with Gasteiger partial charge in [-0.1, -0.05) is 53.7 Å². The summed E-state index contributed by atoms with van der Waals surface area (Å²) < 4.78 is 6.85. The first-order valence-electron chi connectivity index (χ1n) is 8.63. The maximum atomic E-state index is 12.8. The molecule has 0 aliphatic carbocycles. The fraction of sp³-hybridized carbons (Fsp3) is 0.0952. The van der Waals surface area contributed by atoms with E-state index in [0.717, 1.165) is 16.8 Å². The summed E-state index contributed by atoms with van der Waals surface area (Å²) in [6, 6.07) is 19.0. The van der Waals surface area contributed by atoms with Crippen molar-refractivity contribution >= 4 is 5.91 Å². The molecule has 0 fully saturated rings. The number of hydrogen-bond acceptors (Lipinski definition) is 4. The summed E-state index contributed by atoms with van der Waals surface area (Å²) in [6.07, 6.45) is 4.98. The first-order valence-corrected chi connectivity index (χ1v) is 8.63. The van der Waals surface area contributed by atoms with E-state index in [4.69, 9.17) is 4.52 Å². The molecule has 0 bridgehead atoms. The van der Waals surface area contributed by atoms with E-state index in [2.05, 4.69) is 15.6 Å². The number of para-hydroxylation sites is 1. The molecule has 1 atom stereocenters. The monoisotopic (exact) mass is 358 g/mol. The Bertz CT molecular complexity index is 1040. The van der Waals surface area contributed by atoms with E-state index in [1.54, 1.807) is 10.9 Å². The minimum absolute atomic E-state index is 0.226. The molecule has 2 aromatic heterocycles. The lowest BCUT2D eigenvalue weighted by molar-refractivity contribution is 0.0940. The fourth-order valence-electron chi connectivity index (χ4n) is 3.03. The highest BCUT2D eigenvalue weighted by Gasteiger charge is 2.20. The number of carbonyl (C=O) groups excluding carboxylic acids is 1. The summed E-state index contributed by atoms with van der Waals surface area (Å²) in [6.45, 7) is 1.94. The summed E-state index contributed by atoms with van der Waals surface area (Å²) in [5, 5.41) is 11.3. The smallest absolute Gasteiger partial charge is 0.257 e. The van der Waals surface area contributed by atoms with Crippen LogP contribution in [0, 0.1) is 0 Å². The highest BCUT2D eigenvalue weighted by atomic mass is 16.5. The lowest BCUT2D eigenvalue weighted by Gasteiger charge is -2.18. The minimum atomic E-state index is -0.238. The largest absolute Gasteiger partial charge is 0.363 e. The Morgan fingerprint density at radius 1 is 1.07 bits per heavy atom. The first-order chi connectivity index (χ1) is 13.2. The maximum absolute atomic E-state index is 12.8. The Kier molecular flexibility index (Phi) is 4.53. The van der Waals surface area contributed by atoms with Gasteiger partial charge in [0.05, 0.1) is 11.7 Å². The van der Waals surface area contributed by atoms with Gasteiger partial charge in [0.15, 0.2) is 0 Å². The van der Waals surface area contributed by atoms with Crippen LogP contribution in [0.2, 0.25) is 0 Å². The van der Waals surface area contributed by atoms with Gasteiger partial charge >= 0.3 is 0 Å². The third-order valence-corrected chi connectivity index (χ3v) is 4.36. The Morgan fingerprint density at radius 2 is 1.85 bits per heavy atom. The molecule has 4 rings (SSSR count). The molecule has 0 spiro atoms. The van der Waals surface area contributed by atoms with Crippen molar-refractivity contribution in [2.24, 2.45) is 0 Å². The van der Waals surface area contributed by atoms with Crippen molar-refractivity contribution in [3.8, 4) is 16.9 Å². The van der Waals surface area contributed by atoms with Crippen molar-refractivity contribution in [3.63, 3.8) is 0 Å². The van der Waals surface area contributed by atoms with Crippen LogP contribution in [0.15, 0.2) is 83.8 Å². The number of amides is 1. The average molecular weight is 358 g/mol. The fourth-order valence-corrected chi connectivity index (χ4v) is 3.03. The van der Waals surface area contributed by atoms with Gasteiger partial charge in [0.2, 0.25) is 0 Å². The zero-order valence-electron chi connectivity index (χ0n) is 14.7. The third-order valence-electron chi connectivity index (χ3n) is 4.36. The lowest BCUT2D eigenvalue weighted by Crippen LogP contribution is -2.27.